The van der Waals surface area contributed by atoms with Gasteiger partial charge in [-0.2, -0.15) is 0 Å². The first-order chi connectivity index (χ1) is 14.1. The highest BCUT2D eigenvalue weighted by atomic mass is 32.1. The van der Waals surface area contributed by atoms with Crippen molar-refractivity contribution in [1.82, 2.24) is 15.2 Å². The molecule has 152 valence electrons. The number of amides is 2. The summed E-state index contributed by atoms with van der Waals surface area (Å²) in [6, 6.07) is 7.79. The highest BCUT2D eigenvalue weighted by molar-refractivity contribution is 7.16. The number of thiophene rings is 2. The normalized spacial score (nSPS) is 16.3. The Kier molecular flexibility index (Phi) is 6.42. The molecular weight excluding hydrogens is 422 g/mol. The van der Waals surface area contributed by atoms with Crippen LogP contribution in [0, 0.1) is 6.92 Å². The molecule has 2 amide bonds. The van der Waals surface area contributed by atoms with Crippen molar-refractivity contribution in [3.05, 3.63) is 49.8 Å². The first kappa shape index (κ1) is 20.3. The summed E-state index contributed by atoms with van der Waals surface area (Å²) >= 11 is 4.96. The van der Waals surface area contributed by atoms with Crippen molar-refractivity contribution in [3.63, 3.8) is 0 Å². The van der Waals surface area contributed by atoms with Gasteiger partial charge in [-0.15, -0.1) is 34.0 Å². The molecule has 1 fully saturated rings. The van der Waals surface area contributed by atoms with E-state index in [2.05, 4.69) is 27.8 Å². The number of carbonyl (C=O) groups is 2. The second-order valence-corrected chi connectivity index (χ2v) is 10.3. The fourth-order valence-corrected chi connectivity index (χ4v) is 5.91. The number of thiazole rings is 1. The molecule has 5 nitrogen and oxygen atoms in total. The summed E-state index contributed by atoms with van der Waals surface area (Å²) in [4.78, 5) is 35.0. The molecule has 29 heavy (non-hydrogen) atoms. The predicted molar refractivity (Wildman–Crippen MR) is 120 cm³/mol. The van der Waals surface area contributed by atoms with Crippen molar-refractivity contribution in [1.29, 1.82) is 0 Å². The van der Waals surface area contributed by atoms with Gasteiger partial charge in [-0.1, -0.05) is 6.07 Å². The standard InChI is InChI=1S/C21H23N3O2S3/c1-14-23-17(13-28-14)19-7-6-15(29-19)8-9-22-21(26)18-5-2-10-24(18)20(25)12-16-4-3-11-27-16/h3-4,6-7,11,13,18H,2,5,8-10,12H2,1H3,(H,22,26). The lowest BCUT2D eigenvalue weighted by atomic mass is 10.2. The molecule has 1 N–H and O–H groups in total. The minimum Gasteiger partial charge on any atom is -0.354 e. The maximum atomic E-state index is 12.7. The maximum Gasteiger partial charge on any atom is 0.242 e. The summed E-state index contributed by atoms with van der Waals surface area (Å²) in [5, 5.41) is 8.15. The zero-order valence-electron chi connectivity index (χ0n) is 16.2. The fourth-order valence-electron chi connectivity index (χ4n) is 3.55. The van der Waals surface area contributed by atoms with Gasteiger partial charge in [-0.25, -0.2) is 4.98 Å². The molecule has 0 aromatic carbocycles. The predicted octanol–water partition coefficient (Wildman–Crippen LogP) is 4.13. The van der Waals surface area contributed by atoms with Gasteiger partial charge in [0.1, 0.15) is 6.04 Å². The lowest BCUT2D eigenvalue weighted by molar-refractivity contribution is -0.137. The quantitative estimate of drug-likeness (QED) is 0.595. The van der Waals surface area contributed by atoms with Crippen LogP contribution < -0.4 is 5.32 Å². The summed E-state index contributed by atoms with van der Waals surface area (Å²) in [7, 11) is 0. The zero-order valence-corrected chi connectivity index (χ0v) is 18.7. The van der Waals surface area contributed by atoms with Gasteiger partial charge in [0.15, 0.2) is 0 Å². The second kappa shape index (κ2) is 9.19. The van der Waals surface area contributed by atoms with E-state index in [9.17, 15) is 9.59 Å². The van der Waals surface area contributed by atoms with Crippen LogP contribution in [-0.2, 0) is 22.4 Å². The van der Waals surface area contributed by atoms with Crippen LogP contribution in [0.1, 0.15) is 27.6 Å². The molecule has 8 heteroatoms. The van der Waals surface area contributed by atoms with E-state index in [1.807, 2.05) is 24.4 Å². The van der Waals surface area contributed by atoms with Gasteiger partial charge in [-0.3, -0.25) is 9.59 Å². The third-order valence-corrected chi connectivity index (χ3v) is 7.80. The van der Waals surface area contributed by atoms with Gasteiger partial charge >= 0.3 is 0 Å². The van der Waals surface area contributed by atoms with Crippen LogP contribution in [0.15, 0.2) is 35.0 Å². The molecule has 4 rings (SSSR count). The van der Waals surface area contributed by atoms with Crippen LogP contribution in [0.4, 0.5) is 0 Å². The molecule has 1 atom stereocenters. The Bertz CT molecular complexity index is 977. The highest BCUT2D eigenvalue weighted by Gasteiger charge is 2.33. The minimum absolute atomic E-state index is 0.0334. The molecule has 4 heterocycles. The molecular formula is C21H23N3O2S3. The van der Waals surface area contributed by atoms with Crippen molar-refractivity contribution in [2.45, 2.75) is 38.6 Å². The van der Waals surface area contributed by atoms with Crippen molar-refractivity contribution in [2.24, 2.45) is 0 Å². The lowest BCUT2D eigenvalue weighted by Gasteiger charge is -2.23. The monoisotopic (exact) mass is 445 g/mol. The third-order valence-electron chi connectivity index (χ3n) is 4.99. The van der Waals surface area contributed by atoms with Crippen LogP contribution in [0.3, 0.4) is 0 Å². The summed E-state index contributed by atoms with van der Waals surface area (Å²) in [5.74, 6) is 0.0143. The Morgan fingerprint density at radius 2 is 2.14 bits per heavy atom. The van der Waals surface area contributed by atoms with E-state index in [4.69, 9.17) is 0 Å². The highest BCUT2D eigenvalue weighted by Crippen LogP contribution is 2.29. The molecule has 0 bridgehead atoms. The number of likely N-dealkylation sites (tertiary alicyclic amines) is 1. The molecule has 0 aliphatic carbocycles. The molecule has 1 aliphatic heterocycles. The molecule has 1 saturated heterocycles. The lowest BCUT2D eigenvalue weighted by Crippen LogP contribution is -2.46. The van der Waals surface area contributed by atoms with Crippen LogP contribution in [0.2, 0.25) is 0 Å². The van der Waals surface area contributed by atoms with Crippen LogP contribution in [-0.4, -0.2) is 40.8 Å². The van der Waals surface area contributed by atoms with Gasteiger partial charge in [0.2, 0.25) is 11.8 Å². The van der Waals surface area contributed by atoms with Crippen LogP contribution >= 0.6 is 34.0 Å². The van der Waals surface area contributed by atoms with E-state index >= 15 is 0 Å². The average molecular weight is 446 g/mol. The van der Waals surface area contributed by atoms with E-state index in [-0.39, 0.29) is 17.9 Å². The Labute approximate surface area is 182 Å². The number of rotatable bonds is 7. The number of hydrogen-bond acceptors (Lipinski definition) is 6. The first-order valence-electron chi connectivity index (χ1n) is 9.71. The number of carbonyl (C=O) groups excluding carboxylic acids is 2. The summed E-state index contributed by atoms with van der Waals surface area (Å²) in [5.41, 5.74) is 1.03. The molecule has 0 spiro atoms. The third kappa shape index (κ3) is 4.94. The Balaban J connectivity index is 1.28. The SMILES string of the molecule is Cc1nc(-c2ccc(CCNC(=O)C3CCCN3C(=O)Cc3cccs3)s2)cs1. The molecule has 3 aromatic rings. The summed E-state index contributed by atoms with van der Waals surface area (Å²) in [6.45, 7) is 3.26. The summed E-state index contributed by atoms with van der Waals surface area (Å²) < 4.78 is 0. The second-order valence-electron chi connectivity index (χ2n) is 7.06. The first-order valence-corrected chi connectivity index (χ1v) is 12.3. The van der Waals surface area contributed by atoms with E-state index < -0.39 is 0 Å². The van der Waals surface area contributed by atoms with E-state index in [1.54, 1.807) is 38.9 Å². The Morgan fingerprint density at radius 3 is 2.90 bits per heavy atom. The molecule has 0 radical (unpaired) electrons. The Morgan fingerprint density at radius 1 is 1.24 bits per heavy atom. The van der Waals surface area contributed by atoms with Crippen molar-refractivity contribution in [3.8, 4) is 10.6 Å². The van der Waals surface area contributed by atoms with Crippen molar-refractivity contribution < 1.29 is 9.59 Å². The zero-order chi connectivity index (χ0) is 20.2. The van der Waals surface area contributed by atoms with Gasteiger partial charge in [0.05, 0.1) is 22.0 Å². The number of hydrogen-bond donors (Lipinski definition) is 1. The molecule has 1 aliphatic rings. The van der Waals surface area contributed by atoms with Gasteiger partial charge in [0, 0.05) is 28.2 Å². The summed E-state index contributed by atoms with van der Waals surface area (Å²) in [6.07, 6.45) is 2.80. The number of aryl methyl sites for hydroxylation is 1. The number of nitrogens with one attached hydrogen (secondary N) is 1. The van der Waals surface area contributed by atoms with Crippen LogP contribution in [0.25, 0.3) is 10.6 Å². The number of nitrogens with zero attached hydrogens (tertiary/aromatic N) is 2. The van der Waals surface area contributed by atoms with E-state index in [0.29, 0.717) is 19.5 Å². The molecule has 1 unspecified atom stereocenters. The smallest absolute Gasteiger partial charge is 0.242 e. The maximum absolute atomic E-state index is 12.7. The van der Waals surface area contributed by atoms with E-state index in [0.717, 1.165) is 39.7 Å². The Hall–Kier alpha value is -2.03. The topological polar surface area (TPSA) is 62.3 Å². The van der Waals surface area contributed by atoms with Crippen LogP contribution in [0.5, 0.6) is 0 Å². The van der Waals surface area contributed by atoms with Crippen molar-refractivity contribution in [2.75, 3.05) is 13.1 Å². The van der Waals surface area contributed by atoms with Gasteiger partial charge < -0.3 is 10.2 Å². The van der Waals surface area contributed by atoms with Gasteiger partial charge in [0.25, 0.3) is 0 Å². The van der Waals surface area contributed by atoms with Gasteiger partial charge in [-0.05, 0) is 49.8 Å². The van der Waals surface area contributed by atoms with Crippen molar-refractivity contribution >= 4 is 45.8 Å². The number of aromatic nitrogens is 1. The molecule has 0 saturated carbocycles. The minimum atomic E-state index is -0.334. The average Bonchev–Trinajstić information content (AvgIpc) is 3.48. The fraction of sp³-hybridized carbons (Fsp3) is 0.381. The van der Waals surface area contributed by atoms with E-state index in [1.165, 1.54) is 4.88 Å². The molecule has 3 aromatic heterocycles. The largest absolute Gasteiger partial charge is 0.354 e.